The van der Waals surface area contributed by atoms with Gasteiger partial charge >= 0.3 is 5.97 Å². The summed E-state index contributed by atoms with van der Waals surface area (Å²) in [4.78, 5) is 56.2. The number of hydrogen-bond acceptors (Lipinski definition) is 7. The summed E-state index contributed by atoms with van der Waals surface area (Å²) in [6, 6.07) is 5.45. The van der Waals surface area contributed by atoms with Crippen LogP contribution < -0.4 is 16.1 Å². The van der Waals surface area contributed by atoms with Crippen molar-refractivity contribution in [1.82, 2.24) is 26.1 Å². The zero-order chi connectivity index (χ0) is 28.1. The summed E-state index contributed by atoms with van der Waals surface area (Å²) in [7, 11) is 0. The van der Waals surface area contributed by atoms with Crippen LogP contribution in [0.4, 0.5) is 0 Å². The second-order valence-corrected chi connectivity index (χ2v) is 10.6. The van der Waals surface area contributed by atoms with E-state index in [1.54, 1.807) is 13.1 Å². The Morgan fingerprint density at radius 3 is 2.62 bits per heavy atom. The highest BCUT2D eigenvalue weighted by Crippen LogP contribution is 2.24. The lowest BCUT2D eigenvalue weighted by atomic mass is 10.0. The van der Waals surface area contributed by atoms with E-state index < -0.39 is 36.1 Å². The number of carbonyl (C=O) groups is 4. The zero-order valence-corrected chi connectivity index (χ0v) is 22.9. The Morgan fingerprint density at radius 2 is 1.85 bits per heavy atom. The quantitative estimate of drug-likeness (QED) is 0.479. The van der Waals surface area contributed by atoms with Crippen molar-refractivity contribution < 1.29 is 23.9 Å². The number of nitrogens with zero attached hydrogens (tertiary/aromatic N) is 2. The molecule has 10 heteroatoms. The summed E-state index contributed by atoms with van der Waals surface area (Å²) in [5.74, 6) is -1.68. The molecule has 3 heterocycles. The van der Waals surface area contributed by atoms with Crippen molar-refractivity contribution in [2.75, 3.05) is 6.54 Å². The molecule has 2 aromatic rings. The third kappa shape index (κ3) is 7.00. The summed E-state index contributed by atoms with van der Waals surface area (Å²) in [6.07, 6.45) is 6.83. The Morgan fingerprint density at radius 1 is 1.05 bits per heavy atom. The van der Waals surface area contributed by atoms with Crippen molar-refractivity contribution in [1.29, 1.82) is 0 Å². The summed E-state index contributed by atoms with van der Waals surface area (Å²) >= 11 is 0. The van der Waals surface area contributed by atoms with Crippen LogP contribution in [0, 0.1) is 5.92 Å². The monoisotopic (exact) mass is 535 g/mol. The fourth-order valence-electron chi connectivity index (χ4n) is 4.76. The van der Waals surface area contributed by atoms with E-state index in [2.05, 4.69) is 21.0 Å². The van der Waals surface area contributed by atoms with E-state index in [-0.39, 0.29) is 24.2 Å². The molecule has 0 saturated carbocycles. The molecule has 1 aromatic carbocycles. The van der Waals surface area contributed by atoms with Gasteiger partial charge in [0.15, 0.2) is 0 Å². The summed E-state index contributed by atoms with van der Waals surface area (Å²) in [5.41, 5.74) is 4.57. The first-order valence-corrected chi connectivity index (χ1v) is 13.6. The van der Waals surface area contributed by atoms with Crippen LogP contribution in [-0.4, -0.2) is 58.4 Å². The molecule has 1 saturated heterocycles. The minimum atomic E-state index is -0.856. The first kappa shape index (κ1) is 28.2. The Bertz CT molecular complexity index is 1280. The molecule has 4 rings (SSSR count). The molecule has 1 fully saturated rings. The van der Waals surface area contributed by atoms with Gasteiger partial charge in [0.25, 0.3) is 5.91 Å². The molecule has 3 amide bonds. The number of fused-ring (bicyclic) bond motifs is 4. The van der Waals surface area contributed by atoms with E-state index in [4.69, 9.17) is 4.74 Å². The smallest absolute Gasteiger partial charge is 0.325 e. The van der Waals surface area contributed by atoms with Crippen molar-refractivity contribution in [2.45, 2.75) is 77.6 Å². The van der Waals surface area contributed by atoms with Crippen LogP contribution in [0.25, 0.3) is 16.8 Å². The van der Waals surface area contributed by atoms with Crippen LogP contribution in [0.15, 0.2) is 36.5 Å². The molecule has 0 aliphatic carbocycles. The van der Waals surface area contributed by atoms with E-state index in [1.165, 1.54) is 5.01 Å². The molecule has 39 heavy (non-hydrogen) atoms. The molecule has 0 radical (unpaired) electrons. The molecule has 1 aromatic heterocycles. The van der Waals surface area contributed by atoms with Gasteiger partial charge in [0, 0.05) is 24.5 Å². The van der Waals surface area contributed by atoms with Crippen molar-refractivity contribution >= 4 is 40.5 Å². The van der Waals surface area contributed by atoms with Crippen molar-refractivity contribution in [3.63, 3.8) is 0 Å². The molecule has 2 aliphatic rings. The number of benzene rings is 1. The molecule has 10 nitrogen and oxygen atoms in total. The highest BCUT2D eigenvalue weighted by molar-refractivity contribution is 5.92. The van der Waals surface area contributed by atoms with Crippen LogP contribution >= 0.6 is 0 Å². The molecule has 0 spiro atoms. The first-order valence-electron chi connectivity index (χ1n) is 13.6. The van der Waals surface area contributed by atoms with Gasteiger partial charge in [-0.3, -0.25) is 29.2 Å². The fourth-order valence-corrected chi connectivity index (χ4v) is 4.76. The summed E-state index contributed by atoms with van der Waals surface area (Å²) in [5, 5.41) is 8.81. The summed E-state index contributed by atoms with van der Waals surface area (Å²) in [6.45, 7) is 7.48. The van der Waals surface area contributed by atoms with Gasteiger partial charge < -0.3 is 15.4 Å². The van der Waals surface area contributed by atoms with Gasteiger partial charge in [-0.15, -0.1) is 0 Å². The number of ether oxygens (including phenoxy) is 1. The standard InChI is InChI=1S/C29H37N5O5/c1-17(2)26-27(36)31-18(3)28(37)34-13-7-9-24(33-34)29(38)39-19(4)20-11-12-21-16-30-23(15-22(21)14-20)8-5-6-10-25(35)32-26/h5,8,11-12,14-19,24,26,33H,6-7,9-10,13H2,1-4H3,(H,31,36)(H,32,35)/b8-5+/t18-,19+,24-,26-/m0/s1. The number of rotatable bonds is 1. The Hall–Kier alpha value is -3.79. The van der Waals surface area contributed by atoms with Crippen LogP contribution in [0.3, 0.4) is 0 Å². The number of carbonyl (C=O) groups excluding carboxylic acids is 4. The van der Waals surface area contributed by atoms with Gasteiger partial charge in [-0.05, 0) is 68.2 Å². The molecule has 208 valence electrons. The van der Waals surface area contributed by atoms with Crippen LogP contribution in [0.5, 0.6) is 0 Å². The Balaban J connectivity index is 1.61. The number of pyridine rings is 1. The minimum absolute atomic E-state index is 0.182. The number of nitrogens with one attached hydrogen (secondary N) is 3. The first-order chi connectivity index (χ1) is 18.6. The normalized spacial score (nSPS) is 26.5. The second kappa shape index (κ2) is 12.4. The number of amides is 3. The maximum absolute atomic E-state index is 13.1. The lowest BCUT2D eigenvalue weighted by Crippen LogP contribution is -2.61. The predicted molar refractivity (Wildman–Crippen MR) is 147 cm³/mol. The third-order valence-corrected chi connectivity index (χ3v) is 7.09. The van der Waals surface area contributed by atoms with Crippen molar-refractivity contribution in [3.8, 4) is 0 Å². The Kier molecular flexibility index (Phi) is 8.96. The van der Waals surface area contributed by atoms with E-state index in [1.807, 2.05) is 57.2 Å². The van der Waals surface area contributed by atoms with Gasteiger partial charge in [0.05, 0.1) is 5.69 Å². The largest absolute Gasteiger partial charge is 0.457 e. The molecule has 2 aliphatic heterocycles. The van der Waals surface area contributed by atoms with E-state index in [0.29, 0.717) is 25.8 Å². The lowest BCUT2D eigenvalue weighted by molar-refractivity contribution is -0.157. The van der Waals surface area contributed by atoms with Crippen molar-refractivity contribution in [3.05, 3.63) is 47.8 Å². The minimum Gasteiger partial charge on any atom is -0.457 e. The predicted octanol–water partition coefficient (Wildman–Crippen LogP) is 2.79. The summed E-state index contributed by atoms with van der Waals surface area (Å²) < 4.78 is 5.78. The van der Waals surface area contributed by atoms with E-state index in [0.717, 1.165) is 22.0 Å². The molecular formula is C29H37N5O5. The topological polar surface area (TPSA) is 130 Å². The third-order valence-electron chi connectivity index (χ3n) is 7.09. The fraction of sp³-hybridized carbons (Fsp3) is 0.483. The van der Waals surface area contributed by atoms with E-state index >= 15 is 0 Å². The maximum atomic E-state index is 13.1. The van der Waals surface area contributed by atoms with Gasteiger partial charge in [-0.1, -0.05) is 32.1 Å². The number of esters is 1. The molecular weight excluding hydrogens is 498 g/mol. The average Bonchev–Trinajstić information content (AvgIpc) is 2.92. The number of aromatic nitrogens is 1. The lowest BCUT2D eigenvalue weighted by Gasteiger charge is -2.35. The molecule has 0 unspecified atom stereocenters. The maximum Gasteiger partial charge on any atom is 0.325 e. The average molecular weight is 536 g/mol. The van der Waals surface area contributed by atoms with Crippen LogP contribution in [0.1, 0.15) is 70.7 Å². The second-order valence-electron chi connectivity index (χ2n) is 10.6. The number of allylic oxidation sites excluding steroid dienone is 1. The van der Waals surface area contributed by atoms with Gasteiger partial charge in [0.2, 0.25) is 11.8 Å². The van der Waals surface area contributed by atoms with Gasteiger partial charge in [0.1, 0.15) is 24.2 Å². The number of hydrazine groups is 1. The highest BCUT2D eigenvalue weighted by atomic mass is 16.5. The number of cyclic esters (lactones) is 1. The molecule has 3 N–H and O–H groups in total. The van der Waals surface area contributed by atoms with Crippen LogP contribution in [0.2, 0.25) is 0 Å². The Labute approximate surface area is 228 Å². The van der Waals surface area contributed by atoms with Crippen LogP contribution in [-0.2, 0) is 23.9 Å². The zero-order valence-electron chi connectivity index (χ0n) is 22.9. The highest BCUT2D eigenvalue weighted by Gasteiger charge is 2.33. The number of hydrogen-bond donors (Lipinski definition) is 3. The molecule has 5 bridgehead atoms. The van der Waals surface area contributed by atoms with E-state index in [9.17, 15) is 19.2 Å². The molecule has 4 atom stereocenters. The van der Waals surface area contributed by atoms with Gasteiger partial charge in [-0.25, -0.2) is 5.43 Å². The SMILES string of the molecule is CC(C)[C@@H]1NC(=O)CC/C=C/c2cc3cc(ccc3cn2)[C@@H](C)OC(=O)[C@@H]2CCCN(N2)C(=O)[C@H](C)NC1=O. The van der Waals surface area contributed by atoms with Crippen molar-refractivity contribution in [2.24, 2.45) is 5.92 Å². The van der Waals surface area contributed by atoms with Gasteiger partial charge in [-0.2, -0.15) is 0 Å².